The molecule has 2 aliphatic rings. The first-order valence-electron chi connectivity index (χ1n) is 16.7. The highest BCUT2D eigenvalue weighted by molar-refractivity contribution is 5.21. The van der Waals surface area contributed by atoms with Crippen molar-refractivity contribution in [3.05, 3.63) is 48.5 Å². The van der Waals surface area contributed by atoms with E-state index >= 15 is 0 Å². The van der Waals surface area contributed by atoms with Gasteiger partial charge in [-0.2, -0.15) is 0 Å². The van der Waals surface area contributed by atoms with Crippen molar-refractivity contribution in [2.45, 2.75) is 147 Å². The Kier molecular flexibility index (Phi) is 12.0. The SMILES string of the molecule is C=C(C)CC(C)(C)C.C=C(NCC(C)(C)CC(C)(C)CC)[C@@H]1CC(C)CC1C(=C)[C@@H](n1cc(C2CC2)nn1)C(C)(C)C. The fraction of sp³-hybridized carbons (Fsp3) is 0.789. The third-order valence-corrected chi connectivity index (χ3v) is 9.22. The van der Waals surface area contributed by atoms with Crippen molar-refractivity contribution < 1.29 is 0 Å². The van der Waals surface area contributed by atoms with E-state index in [9.17, 15) is 0 Å². The highest BCUT2D eigenvalue weighted by Crippen LogP contribution is 2.50. The van der Waals surface area contributed by atoms with Gasteiger partial charge in [-0.25, -0.2) is 4.68 Å². The van der Waals surface area contributed by atoms with Crippen molar-refractivity contribution in [1.29, 1.82) is 0 Å². The van der Waals surface area contributed by atoms with Crippen LogP contribution < -0.4 is 5.32 Å². The van der Waals surface area contributed by atoms with E-state index in [-0.39, 0.29) is 16.9 Å². The van der Waals surface area contributed by atoms with E-state index in [0.717, 1.165) is 18.7 Å². The molecule has 3 rings (SSSR count). The zero-order chi connectivity index (χ0) is 32.3. The summed E-state index contributed by atoms with van der Waals surface area (Å²) in [6.07, 6.45) is 10.6. The van der Waals surface area contributed by atoms with Gasteiger partial charge in [0.15, 0.2) is 0 Å². The summed E-state index contributed by atoms with van der Waals surface area (Å²) in [5.74, 6) is 2.14. The van der Waals surface area contributed by atoms with Crippen LogP contribution in [0.2, 0.25) is 0 Å². The van der Waals surface area contributed by atoms with Crippen molar-refractivity contribution >= 4 is 0 Å². The molecule has 2 aliphatic carbocycles. The standard InChI is InChI=1S/C30H52N4.C8H16/c1-12-29(8,9)18-30(10,11)19-31-22(4)25-16-20(2)15-24(25)21(3)27(28(5,6)7)34-17-26(32-33-34)23-13-14-23;1-7(2)6-8(3,4)5/h17,20,23-25,27,31H,3-4,12-16,18-19H2,1-2,5-11H3;1,6H2,2-5H3/t20?,24?,25-,27+;/m0./s1. The average Bonchev–Trinajstić information content (AvgIpc) is 3.42. The number of hydrogen-bond donors (Lipinski definition) is 1. The molecule has 0 bridgehead atoms. The lowest BCUT2D eigenvalue weighted by atomic mass is 9.73. The molecule has 2 unspecified atom stereocenters. The lowest BCUT2D eigenvalue weighted by molar-refractivity contribution is 0.185. The molecule has 1 aromatic rings. The van der Waals surface area contributed by atoms with Gasteiger partial charge in [-0.05, 0) is 84.5 Å². The van der Waals surface area contributed by atoms with Crippen molar-refractivity contribution in [1.82, 2.24) is 20.3 Å². The molecule has 0 aliphatic heterocycles. The Balaban J connectivity index is 0.000000675. The predicted molar refractivity (Wildman–Crippen MR) is 184 cm³/mol. The normalized spacial score (nSPS) is 22.3. The highest BCUT2D eigenvalue weighted by Gasteiger charge is 2.42. The fourth-order valence-corrected chi connectivity index (χ4v) is 7.27. The molecular formula is C38H68N4. The van der Waals surface area contributed by atoms with E-state index in [1.54, 1.807) is 0 Å². The monoisotopic (exact) mass is 581 g/mol. The van der Waals surface area contributed by atoms with Crippen LogP contribution in [-0.2, 0) is 0 Å². The Morgan fingerprint density at radius 2 is 1.52 bits per heavy atom. The van der Waals surface area contributed by atoms with Crippen LogP contribution in [0.15, 0.2) is 42.8 Å². The number of nitrogens with one attached hydrogen (secondary N) is 1. The Labute approximate surface area is 261 Å². The quantitative estimate of drug-likeness (QED) is 0.250. The van der Waals surface area contributed by atoms with Gasteiger partial charge in [0.05, 0.1) is 11.7 Å². The van der Waals surface area contributed by atoms with Gasteiger partial charge in [-0.15, -0.1) is 11.7 Å². The minimum absolute atomic E-state index is 0.0183. The number of rotatable bonds is 12. The van der Waals surface area contributed by atoms with Gasteiger partial charge in [0.25, 0.3) is 0 Å². The van der Waals surface area contributed by atoms with Crippen LogP contribution in [0.1, 0.15) is 153 Å². The van der Waals surface area contributed by atoms with Crippen molar-refractivity contribution in [2.75, 3.05) is 6.54 Å². The van der Waals surface area contributed by atoms with Crippen LogP contribution in [0.3, 0.4) is 0 Å². The van der Waals surface area contributed by atoms with Gasteiger partial charge in [-0.3, -0.25) is 0 Å². The van der Waals surface area contributed by atoms with E-state index in [1.165, 1.54) is 55.4 Å². The molecule has 2 fully saturated rings. The second kappa shape index (κ2) is 13.9. The average molecular weight is 581 g/mol. The summed E-state index contributed by atoms with van der Waals surface area (Å²) >= 11 is 0. The Morgan fingerprint density at radius 3 is 1.98 bits per heavy atom. The number of allylic oxidation sites excluding steroid dienone is 3. The van der Waals surface area contributed by atoms with Gasteiger partial charge in [0.2, 0.25) is 0 Å². The maximum Gasteiger partial charge on any atom is 0.0858 e. The van der Waals surface area contributed by atoms with E-state index in [4.69, 9.17) is 6.58 Å². The summed E-state index contributed by atoms with van der Waals surface area (Å²) in [5.41, 5.74) is 5.96. The summed E-state index contributed by atoms with van der Waals surface area (Å²) in [6.45, 7) is 44.0. The smallest absolute Gasteiger partial charge is 0.0858 e. The van der Waals surface area contributed by atoms with Crippen molar-refractivity contribution in [2.24, 2.45) is 39.4 Å². The minimum Gasteiger partial charge on any atom is -0.388 e. The second-order valence-electron chi connectivity index (χ2n) is 18.0. The molecular weight excluding hydrogens is 512 g/mol. The van der Waals surface area contributed by atoms with Crippen LogP contribution in [-0.4, -0.2) is 21.5 Å². The van der Waals surface area contributed by atoms with Crippen LogP contribution in [0.5, 0.6) is 0 Å². The third-order valence-electron chi connectivity index (χ3n) is 9.22. The van der Waals surface area contributed by atoms with E-state index in [0.29, 0.717) is 34.5 Å². The molecule has 0 spiro atoms. The maximum atomic E-state index is 4.73. The number of aromatic nitrogens is 3. The summed E-state index contributed by atoms with van der Waals surface area (Å²) in [6, 6.07) is 0.139. The van der Waals surface area contributed by atoms with E-state index in [1.807, 2.05) is 0 Å². The number of nitrogens with zero attached hydrogens (tertiary/aromatic N) is 3. The molecule has 0 saturated heterocycles. The number of hydrogen-bond acceptors (Lipinski definition) is 3. The summed E-state index contributed by atoms with van der Waals surface area (Å²) in [7, 11) is 0. The molecule has 240 valence electrons. The first-order chi connectivity index (χ1) is 19.0. The summed E-state index contributed by atoms with van der Waals surface area (Å²) < 4.78 is 2.11. The fourth-order valence-electron chi connectivity index (χ4n) is 7.27. The van der Waals surface area contributed by atoms with Crippen LogP contribution in [0, 0.1) is 39.4 Å². The first-order valence-corrected chi connectivity index (χ1v) is 16.7. The molecule has 42 heavy (non-hydrogen) atoms. The molecule has 0 radical (unpaired) electrons. The van der Waals surface area contributed by atoms with Crippen LogP contribution in [0.4, 0.5) is 0 Å². The Morgan fingerprint density at radius 1 is 0.952 bits per heavy atom. The molecule has 1 N–H and O–H groups in total. The molecule has 1 aromatic heterocycles. The lowest BCUT2D eigenvalue weighted by Gasteiger charge is -2.38. The van der Waals surface area contributed by atoms with Crippen molar-refractivity contribution in [3.8, 4) is 0 Å². The van der Waals surface area contributed by atoms with Crippen molar-refractivity contribution in [3.63, 3.8) is 0 Å². The van der Waals surface area contributed by atoms with Gasteiger partial charge in [0.1, 0.15) is 0 Å². The summed E-state index contributed by atoms with van der Waals surface area (Å²) in [5, 5.41) is 12.9. The van der Waals surface area contributed by atoms with Gasteiger partial charge < -0.3 is 5.32 Å². The highest BCUT2D eigenvalue weighted by atomic mass is 15.4. The van der Waals surface area contributed by atoms with Gasteiger partial charge >= 0.3 is 0 Å². The van der Waals surface area contributed by atoms with E-state index < -0.39 is 0 Å². The molecule has 1 heterocycles. The molecule has 0 amide bonds. The molecule has 0 aromatic carbocycles. The molecule has 4 nitrogen and oxygen atoms in total. The Hall–Kier alpha value is -1.84. The second-order valence-corrected chi connectivity index (χ2v) is 18.0. The van der Waals surface area contributed by atoms with E-state index in [2.05, 4.69) is 130 Å². The van der Waals surface area contributed by atoms with Crippen LogP contribution in [0.25, 0.3) is 0 Å². The van der Waals surface area contributed by atoms with Gasteiger partial charge in [0, 0.05) is 30.3 Å². The summed E-state index contributed by atoms with van der Waals surface area (Å²) in [4.78, 5) is 0. The molecule has 2 saturated carbocycles. The predicted octanol–water partition coefficient (Wildman–Crippen LogP) is 10.9. The van der Waals surface area contributed by atoms with Gasteiger partial charge in [-0.1, -0.05) is 113 Å². The maximum absolute atomic E-state index is 4.73. The minimum atomic E-state index is 0.0183. The zero-order valence-electron chi connectivity index (χ0n) is 30.1. The molecule has 4 atom stereocenters. The molecule has 4 heteroatoms. The Bertz CT molecular complexity index is 1050. The topological polar surface area (TPSA) is 42.7 Å². The largest absolute Gasteiger partial charge is 0.388 e. The third kappa shape index (κ3) is 11.3. The lowest BCUT2D eigenvalue weighted by Crippen LogP contribution is -2.36. The van der Waals surface area contributed by atoms with Crippen LogP contribution >= 0.6 is 0 Å². The first kappa shape index (κ1) is 36.4. The zero-order valence-corrected chi connectivity index (χ0v) is 30.1.